The molecular formula is C22H29F2N3O2. The third-order valence-electron chi connectivity index (χ3n) is 6.54. The van der Waals surface area contributed by atoms with Gasteiger partial charge in [-0.15, -0.1) is 0 Å². The Balaban J connectivity index is 1.25. The van der Waals surface area contributed by atoms with Gasteiger partial charge in [-0.25, -0.2) is 8.78 Å². The molecule has 2 aliphatic rings. The monoisotopic (exact) mass is 405 g/mol. The van der Waals surface area contributed by atoms with E-state index >= 15 is 0 Å². The molecule has 1 aliphatic carbocycles. The van der Waals surface area contributed by atoms with Gasteiger partial charge >= 0.3 is 0 Å². The van der Waals surface area contributed by atoms with E-state index in [2.05, 4.69) is 10.1 Å². The van der Waals surface area contributed by atoms with Crippen LogP contribution in [0.5, 0.6) is 0 Å². The third-order valence-corrected chi connectivity index (χ3v) is 6.54. The summed E-state index contributed by atoms with van der Waals surface area (Å²) in [7, 11) is 0. The molecule has 1 saturated heterocycles. The molecule has 7 heteroatoms. The van der Waals surface area contributed by atoms with Crippen molar-refractivity contribution in [2.45, 2.75) is 45.4 Å². The standard InChI is InChI=1S/C22H29F2N3O2/c1-15(28)12-17-4-2-16(3-5-17)6-7-26-8-10-27(11-9-26)22-19-13-18(23)14-20(24)21(19)29-25-22/h13-14,16-17H,2-12H2,1H3/t16-,17-. The fraction of sp³-hybridized carbons (Fsp3) is 0.636. The lowest BCUT2D eigenvalue weighted by Gasteiger charge is -2.36. The zero-order chi connectivity index (χ0) is 20.4. The molecule has 4 rings (SSSR count). The van der Waals surface area contributed by atoms with Gasteiger partial charge in [-0.2, -0.15) is 0 Å². The van der Waals surface area contributed by atoms with Gasteiger partial charge in [-0.3, -0.25) is 4.90 Å². The Morgan fingerprint density at radius 3 is 2.48 bits per heavy atom. The number of hydrogen-bond donors (Lipinski definition) is 0. The van der Waals surface area contributed by atoms with Gasteiger partial charge in [0.1, 0.15) is 11.6 Å². The molecule has 2 fully saturated rings. The van der Waals surface area contributed by atoms with Gasteiger partial charge in [0, 0.05) is 38.7 Å². The lowest BCUT2D eigenvalue weighted by atomic mass is 9.78. The maximum absolute atomic E-state index is 13.8. The van der Waals surface area contributed by atoms with E-state index in [4.69, 9.17) is 4.52 Å². The first-order valence-corrected chi connectivity index (χ1v) is 10.7. The fourth-order valence-electron chi connectivity index (χ4n) is 4.86. The number of fused-ring (bicyclic) bond motifs is 1. The second-order valence-corrected chi connectivity index (χ2v) is 8.68. The molecule has 0 bridgehead atoms. The number of hydrogen-bond acceptors (Lipinski definition) is 5. The Labute approximate surface area is 170 Å². The van der Waals surface area contributed by atoms with Crippen LogP contribution in [0.2, 0.25) is 0 Å². The summed E-state index contributed by atoms with van der Waals surface area (Å²) in [6.45, 7) is 6.13. The number of benzene rings is 1. The number of carbonyl (C=O) groups is 1. The Morgan fingerprint density at radius 1 is 1.10 bits per heavy atom. The largest absolute Gasteiger partial charge is 0.351 e. The van der Waals surface area contributed by atoms with Crippen LogP contribution in [0.3, 0.4) is 0 Å². The van der Waals surface area contributed by atoms with Crippen molar-refractivity contribution in [1.29, 1.82) is 0 Å². The van der Waals surface area contributed by atoms with E-state index < -0.39 is 11.6 Å². The normalized spacial score (nSPS) is 23.6. The van der Waals surface area contributed by atoms with E-state index in [-0.39, 0.29) is 5.58 Å². The van der Waals surface area contributed by atoms with Crippen LogP contribution < -0.4 is 4.90 Å². The van der Waals surface area contributed by atoms with Crippen molar-refractivity contribution in [3.63, 3.8) is 0 Å². The second kappa shape index (κ2) is 8.78. The summed E-state index contributed by atoms with van der Waals surface area (Å²) in [5.41, 5.74) is 0.0178. The van der Waals surface area contributed by atoms with Gasteiger partial charge in [0.05, 0.1) is 5.39 Å². The molecule has 1 saturated carbocycles. The van der Waals surface area contributed by atoms with Crippen molar-refractivity contribution in [2.75, 3.05) is 37.6 Å². The summed E-state index contributed by atoms with van der Waals surface area (Å²) in [5, 5.41) is 4.40. The number of anilines is 1. The van der Waals surface area contributed by atoms with Crippen LogP contribution in [-0.2, 0) is 4.79 Å². The molecule has 0 amide bonds. The molecule has 0 N–H and O–H groups in total. The highest BCUT2D eigenvalue weighted by Gasteiger charge is 2.25. The average molecular weight is 405 g/mol. The van der Waals surface area contributed by atoms with Crippen molar-refractivity contribution in [3.8, 4) is 0 Å². The molecule has 5 nitrogen and oxygen atoms in total. The number of nitrogens with zero attached hydrogens (tertiary/aromatic N) is 3. The van der Waals surface area contributed by atoms with Gasteiger partial charge < -0.3 is 14.2 Å². The van der Waals surface area contributed by atoms with Crippen molar-refractivity contribution in [2.24, 2.45) is 11.8 Å². The first-order chi connectivity index (χ1) is 14.0. The quantitative estimate of drug-likeness (QED) is 0.713. The summed E-state index contributed by atoms with van der Waals surface area (Å²) in [6, 6.07) is 2.11. The van der Waals surface area contributed by atoms with Crippen molar-refractivity contribution in [1.82, 2.24) is 10.1 Å². The van der Waals surface area contributed by atoms with E-state index in [1.165, 1.54) is 38.2 Å². The minimum atomic E-state index is -0.713. The van der Waals surface area contributed by atoms with E-state index in [1.807, 2.05) is 4.90 Å². The smallest absolute Gasteiger partial charge is 0.204 e. The molecule has 0 unspecified atom stereocenters. The van der Waals surface area contributed by atoms with Crippen LogP contribution in [0.15, 0.2) is 16.7 Å². The maximum Gasteiger partial charge on any atom is 0.204 e. The van der Waals surface area contributed by atoms with Gasteiger partial charge in [0.15, 0.2) is 11.6 Å². The van der Waals surface area contributed by atoms with E-state index in [0.717, 1.165) is 51.1 Å². The van der Waals surface area contributed by atoms with E-state index in [1.54, 1.807) is 6.92 Å². The van der Waals surface area contributed by atoms with E-state index in [0.29, 0.717) is 22.9 Å². The average Bonchev–Trinajstić information content (AvgIpc) is 3.11. The minimum absolute atomic E-state index is 0.0178. The molecule has 158 valence electrons. The minimum Gasteiger partial charge on any atom is -0.351 e. The molecule has 1 aromatic carbocycles. The number of aromatic nitrogens is 1. The number of Topliss-reactive ketones (excluding diaryl/α,β-unsaturated/α-hetero) is 1. The van der Waals surface area contributed by atoms with Crippen LogP contribution in [0.4, 0.5) is 14.6 Å². The Kier molecular flexibility index (Phi) is 6.13. The second-order valence-electron chi connectivity index (χ2n) is 8.68. The fourth-order valence-corrected chi connectivity index (χ4v) is 4.86. The third kappa shape index (κ3) is 4.77. The first-order valence-electron chi connectivity index (χ1n) is 10.7. The van der Waals surface area contributed by atoms with E-state index in [9.17, 15) is 13.6 Å². The highest BCUT2D eigenvalue weighted by Crippen LogP contribution is 2.33. The molecule has 0 spiro atoms. The summed E-state index contributed by atoms with van der Waals surface area (Å²) in [4.78, 5) is 15.8. The van der Waals surface area contributed by atoms with Crippen molar-refractivity contribution in [3.05, 3.63) is 23.8 Å². The molecule has 29 heavy (non-hydrogen) atoms. The first kappa shape index (κ1) is 20.3. The number of rotatable bonds is 6. The van der Waals surface area contributed by atoms with Crippen LogP contribution in [-0.4, -0.2) is 48.6 Å². The summed E-state index contributed by atoms with van der Waals surface area (Å²) in [5.74, 6) is 0.881. The Hall–Kier alpha value is -2.02. The lowest BCUT2D eigenvalue weighted by molar-refractivity contribution is -0.118. The van der Waals surface area contributed by atoms with Crippen LogP contribution in [0, 0.1) is 23.5 Å². The van der Waals surface area contributed by atoms with Gasteiger partial charge in [-0.05, 0) is 50.6 Å². The molecule has 0 atom stereocenters. The van der Waals surface area contributed by atoms with Gasteiger partial charge in [0.25, 0.3) is 0 Å². The molecule has 1 aliphatic heterocycles. The van der Waals surface area contributed by atoms with Gasteiger partial charge in [-0.1, -0.05) is 18.0 Å². The van der Waals surface area contributed by atoms with Crippen molar-refractivity contribution < 1.29 is 18.1 Å². The lowest BCUT2D eigenvalue weighted by Crippen LogP contribution is -2.47. The number of carbonyl (C=O) groups excluding carboxylic acids is 1. The molecule has 0 radical (unpaired) electrons. The zero-order valence-electron chi connectivity index (χ0n) is 17.0. The number of halogens is 2. The summed E-state index contributed by atoms with van der Waals surface area (Å²) < 4.78 is 32.5. The number of ketones is 1. The predicted molar refractivity (Wildman–Crippen MR) is 108 cm³/mol. The van der Waals surface area contributed by atoms with Crippen LogP contribution in [0.25, 0.3) is 11.0 Å². The maximum atomic E-state index is 13.8. The highest BCUT2D eigenvalue weighted by molar-refractivity contribution is 5.89. The summed E-state index contributed by atoms with van der Waals surface area (Å²) >= 11 is 0. The van der Waals surface area contributed by atoms with Gasteiger partial charge in [0.2, 0.25) is 5.58 Å². The summed E-state index contributed by atoms with van der Waals surface area (Å²) in [6.07, 6.45) is 6.80. The van der Waals surface area contributed by atoms with Crippen LogP contribution >= 0.6 is 0 Å². The number of piperazine rings is 1. The van der Waals surface area contributed by atoms with Crippen molar-refractivity contribution >= 4 is 22.6 Å². The zero-order valence-corrected chi connectivity index (χ0v) is 17.0. The molecular weight excluding hydrogens is 376 g/mol. The highest BCUT2D eigenvalue weighted by atomic mass is 19.1. The van der Waals surface area contributed by atoms with Crippen LogP contribution in [0.1, 0.15) is 45.4 Å². The molecule has 2 aromatic rings. The molecule has 2 heterocycles. The SMILES string of the molecule is CC(=O)C[C@H]1CC[C@H](CCN2CCN(c3noc4c(F)cc(F)cc34)CC2)CC1. The Bertz CT molecular complexity index is 853. The Morgan fingerprint density at radius 2 is 1.79 bits per heavy atom. The topological polar surface area (TPSA) is 49.6 Å². The molecule has 1 aromatic heterocycles. The predicted octanol–water partition coefficient (Wildman–Crippen LogP) is 4.40.